The van der Waals surface area contributed by atoms with Crippen molar-refractivity contribution in [1.82, 2.24) is 20.4 Å². The molecule has 0 unspecified atom stereocenters. The van der Waals surface area contributed by atoms with Crippen molar-refractivity contribution in [2.24, 2.45) is 0 Å². The number of halogens is 4. The van der Waals surface area contributed by atoms with Crippen LogP contribution in [-0.4, -0.2) is 84.9 Å². The van der Waals surface area contributed by atoms with E-state index in [0.717, 1.165) is 0 Å². The largest absolute Gasteiger partial charge is 0.444 e. The number of nitrogens with one attached hydrogen (secondary N) is 1. The summed E-state index contributed by atoms with van der Waals surface area (Å²) < 4.78 is 80.5. The fourth-order valence-corrected chi connectivity index (χ4v) is 7.25. The highest BCUT2D eigenvalue weighted by molar-refractivity contribution is 7.91. The molecule has 270 valence electrons. The van der Waals surface area contributed by atoms with Gasteiger partial charge in [0.2, 0.25) is 11.8 Å². The standard InChI is InChI=1S/C32H35ClF3N5O8S/c1-30(2,3)49-28(43)37-22-17-50(45,46)24-10-7-20(15-23(24)41(26(22)42)16-19-5-8-21(33)9-6-19)25-38-39-27(48-25)31(4)11-13-40(14-12-31)29(44)47-18-32(34,35)36/h5-10,15,22H,11-14,16-18H2,1-4H3,(H,37,43)/t22-/m0/s1. The lowest BCUT2D eigenvalue weighted by Crippen LogP contribution is -2.51. The average Bonchev–Trinajstić information content (AvgIpc) is 3.51. The van der Waals surface area contributed by atoms with Crippen LogP contribution in [0.3, 0.4) is 0 Å². The van der Waals surface area contributed by atoms with Gasteiger partial charge < -0.3 is 29.0 Å². The molecule has 1 atom stereocenters. The SMILES string of the molecule is CC(C)(C)OC(=O)N[C@H]1CS(=O)(=O)c2ccc(-c3nnc(C4(C)CCN(C(=O)OCC(F)(F)F)CC4)o3)cc2N(Cc2ccc(Cl)cc2)C1=O. The Morgan fingerprint density at radius 1 is 1.08 bits per heavy atom. The average molecular weight is 742 g/mol. The Kier molecular flexibility index (Phi) is 10.1. The Bertz CT molecular complexity index is 1870. The second-order valence-corrected chi connectivity index (χ2v) is 15.8. The Morgan fingerprint density at radius 3 is 2.36 bits per heavy atom. The highest BCUT2D eigenvalue weighted by Crippen LogP contribution is 2.39. The predicted octanol–water partition coefficient (Wildman–Crippen LogP) is 5.66. The minimum absolute atomic E-state index is 0.0139. The number of alkyl halides is 3. The summed E-state index contributed by atoms with van der Waals surface area (Å²) in [5.74, 6) is -1.21. The Morgan fingerprint density at radius 2 is 1.74 bits per heavy atom. The van der Waals surface area contributed by atoms with Crippen LogP contribution in [0.15, 0.2) is 51.8 Å². The highest BCUT2D eigenvalue weighted by atomic mass is 35.5. The first-order valence-corrected chi connectivity index (χ1v) is 17.5. The van der Waals surface area contributed by atoms with Crippen LogP contribution in [0.2, 0.25) is 5.02 Å². The van der Waals surface area contributed by atoms with Crippen LogP contribution >= 0.6 is 11.6 Å². The van der Waals surface area contributed by atoms with E-state index in [0.29, 0.717) is 16.1 Å². The number of piperidine rings is 1. The van der Waals surface area contributed by atoms with Gasteiger partial charge in [-0.3, -0.25) is 4.79 Å². The zero-order valence-corrected chi connectivity index (χ0v) is 29.1. The number of hydrogen-bond acceptors (Lipinski definition) is 10. The van der Waals surface area contributed by atoms with Crippen molar-refractivity contribution in [2.75, 3.05) is 30.3 Å². The van der Waals surface area contributed by atoms with E-state index in [1.807, 2.05) is 6.92 Å². The molecule has 2 aliphatic heterocycles. The molecular formula is C32H35ClF3N5O8S. The first kappa shape index (κ1) is 36.9. The predicted molar refractivity (Wildman–Crippen MR) is 173 cm³/mol. The zero-order chi connectivity index (χ0) is 36.6. The van der Waals surface area contributed by atoms with Gasteiger partial charge in [-0.05, 0) is 69.5 Å². The molecule has 0 aliphatic carbocycles. The molecule has 0 bridgehead atoms. The number of carbonyl (C=O) groups excluding carboxylic acids is 3. The molecule has 1 N–H and O–H groups in total. The first-order chi connectivity index (χ1) is 23.2. The normalized spacial score (nSPS) is 19.0. The van der Waals surface area contributed by atoms with Crippen LogP contribution < -0.4 is 10.2 Å². The molecule has 2 aromatic carbocycles. The second-order valence-electron chi connectivity index (χ2n) is 13.3. The lowest BCUT2D eigenvalue weighted by Gasteiger charge is -2.36. The third-order valence-corrected chi connectivity index (χ3v) is 10.2. The van der Waals surface area contributed by atoms with E-state index in [-0.39, 0.29) is 54.8 Å². The van der Waals surface area contributed by atoms with E-state index in [9.17, 15) is 36.0 Å². The molecule has 1 fully saturated rings. The minimum atomic E-state index is -4.64. The molecule has 18 heteroatoms. The van der Waals surface area contributed by atoms with Gasteiger partial charge in [-0.2, -0.15) is 13.2 Å². The number of carbonyl (C=O) groups is 3. The lowest BCUT2D eigenvalue weighted by molar-refractivity contribution is -0.162. The fourth-order valence-electron chi connectivity index (χ4n) is 5.52. The van der Waals surface area contributed by atoms with Crippen molar-refractivity contribution < 1.29 is 49.9 Å². The second kappa shape index (κ2) is 13.7. The number of benzene rings is 2. The number of nitrogens with zero attached hydrogens (tertiary/aromatic N) is 4. The molecule has 3 heterocycles. The molecule has 1 saturated heterocycles. The first-order valence-electron chi connectivity index (χ1n) is 15.5. The monoisotopic (exact) mass is 741 g/mol. The summed E-state index contributed by atoms with van der Waals surface area (Å²) in [6, 6.07) is 9.36. The lowest BCUT2D eigenvalue weighted by atomic mass is 9.80. The van der Waals surface area contributed by atoms with Crippen molar-refractivity contribution in [3.8, 4) is 11.5 Å². The molecule has 3 aromatic rings. The molecular weight excluding hydrogens is 707 g/mol. The molecule has 5 rings (SSSR count). The number of alkyl carbamates (subject to hydrolysis) is 1. The number of rotatable bonds is 6. The minimum Gasteiger partial charge on any atom is -0.444 e. The van der Waals surface area contributed by atoms with E-state index in [1.165, 1.54) is 28.0 Å². The van der Waals surface area contributed by atoms with Crippen LogP contribution in [0, 0.1) is 0 Å². The Balaban J connectivity index is 1.43. The van der Waals surface area contributed by atoms with Gasteiger partial charge in [-0.25, -0.2) is 18.0 Å². The summed E-state index contributed by atoms with van der Waals surface area (Å²) in [4.78, 5) is 41.1. The van der Waals surface area contributed by atoms with Crippen LogP contribution in [0.1, 0.15) is 52.0 Å². The van der Waals surface area contributed by atoms with Gasteiger partial charge in [0.1, 0.15) is 11.6 Å². The third-order valence-electron chi connectivity index (χ3n) is 8.15. The maximum atomic E-state index is 14.1. The third kappa shape index (κ3) is 8.67. The number of likely N-dealkylation sites (tertiary alicyclic amines) is 1. The van der Waals surface area contributed by atoms with Crippen molar-refractivity contribution in [2.45, 2.75) is 75.2 Å². The van der Waals surface area contributed by atoms with Gasteiger partial charge in [0.05, 0.1) is 22.9 Å². The van der Waals surface area contributed by atoms with Crippen LogP contribution in [0.5, 0.6) is 0 Å². The summed E-state index contributed by atoms with van der Waals surface area (Å²) in [7, 11) is -4.15. The summed E-state index contributed by atoms with van der Waals surface area (Å²) in [5, 5.41) is 11.2. The molecule has 2 aliphatic rings. The van der Waals surface area contributed by atoms with Gasteiger partial charge in [0.25, 0.3) is 5.91 Å². The quantitative estimate of drug-likeness (QED) is 0.334. The van der Waals surface area contributed by atoms with E-state index < -0.39 is 63.5 Å². The molecule has 3 amide bonds. The summed E-state index contributed by atoms with van der Waals surface area (Å²) in [5.41, 5.74) is -0.708. The smallest absolute Gasteiger partial charge is 0.422 e. The number of amides is 3. The summed E-state index contributed by atoms with van der Waals surface area (Å²) in [6.45, 7) is 5.12. The van der Waals surface area contributed by atoms with Gasteiger partial charge in [0, 0.05) is 29.1 Å². The van der Waals surface area contributed by atoms with Crippen molar-refractivity contribution >= 4 is 45.2 Å². The molecule has 0 saturated carbocycles. The van der Waals surface area contributed by atoms with E-state index in [2.05, 4.69) is 20.3 Å². The Labute approximate surface area is 291 Å². The van der Waals surface area contributed by atoms with Crippen molar-refractivity contribution in [3.63, 3.8) is 0 Å². The van der Waals surface area contributed by atoms with Crippen LogP contribution in [0.25, 0.3) is 11.5 Å². The zero-order valence-electron chi connectivity index (χ0n) is 27.5. The summed E-state index contributed by atoms with van der Waals surface area (Å²) >= 11 is 6.06. The van der Waals surface area contributed by atoms with Gasteiger partial charge in [-0.1, -0.05) is 30.7 Å². The van der Waals surface area contributed by atoms with Crippen molar-refractivity contribution in [3.05, 3.63) is 58.9 Å². The van der Waals surface area contributed by atoms with Crippen LogP contribution in [0.4, 0.5) is 28.4 Å². The fraction of sp³-hybridized carbons (Fsp3) is 0.469. The Hall–Kier alpha value is -4.38. The number of hydrogen-bond donors (Lipinski definition) is 1. The molecule has 50 heavy (non-hydrogen) atoms. The van der Waals surface area contributed by atoms with Gasteiger partial charge in [-0.15, -0.1) is 10.2 Å². The van der Waals surface area contributed by atoms with E-state index >= 15 is 0 Å². The molecule has 0 radical (unpaired) electrons. The number of ether oxygens (including phenoxy) is 2. The number of aromatic nitrogens is 2. The maximum Gasteiger partial charge on any atom is 0.422 e. The van der Waals surface area contributed by atoms with E-state index in [4.69, 9.17) is 20.8 Å². The number of anilines is 1. The number of sulfone groups is 1. The molecule has 13 nitrogen and oxygen atoms in total. The van der Waals surface area contributed by atoms with Gasteiger partial charge in [0.15, 0.2) is 16.4 Å². The highest BCUT2D eigenvalue weighted by Gasteiger charge is 2.41. The molecule has 0 spiro atoms. The summed E-state index contributed by atoms with van der Waals surface area (Å²) in [6.07, 6.45) is -6.10. The molecule has 1 aromatic heterocycles. The van der Waals surface area contributed by atoms with Gasteiger partial charge >= 0.3 is 18.4 Å². The number of fused-ring (bicyclic) bond motifs is 1. The van der Waals surface area contributed by atoms with Crippen LogP contribution in [-0.2, 0) is 36.1 Å². The van der Waals surface area contributed by atoms with E-state index in [1.54, 1.807) is 45.0 Å². The van der Waals surface area contributed by atoms with Crippen molar-refractivity contribution in [1.29, 1.82) is 0 Å². The topological polar surface area (TPSA) is 161 Å². The maximum absolute atomic E-state index is 14.1.